The van der Waals surface area contributed by atoms with Crippen LogP contribution in [0.1, 0.15) is 40.5 Å². The second-order valence-electron chi connectivity index (χ2n) is 7.19. The molecule has 2 heterocycles. The molecule has 2 aliphatic rings. The molecule has 1 N–H and O–H groups in total. The summed E-state index contributed by atoms with van der Waals surface area (Å²) in [6, 6.07) is 0.777. The molecule has 0 aromatic rings. The van der Waals surface area contributed by atoms with Crippen LogP contribution in [0, 0.1) is 5.92 Å². The van der Waals surface area contributed by atoms with Gasteiger partial charge in [0.05, 0.1) is 0 Å². The SMILES string of the molecule is CC(C)CN1CCN(C2CCC(C)(C)NC2)CC1. The molecule has 2 saturated heterocycles. The maximum atomic E-state index is 3.69. The molecule has 0 saturated carbocycles. The Kier molecular flexibility index (Phi) is 4.68. The van der Waals surface area contributed by atoms with E-state index in [-0.39, 0.29) is 0 Å². The van der Waals surface area contributed by atoms with Gasteiger partial charge in [-0.05, 0) is 32.6 Å². The minimum Gasteiger partial charge on any atom is -0.310 e. The summed E-state index contributed by atoms with van der Waals surface area (Å²) in [7, 11) is 0. The molecule has 0 aromatic heterocycles. The molecule has 0 aromatic carbocycles. The average Bonchev–Trinajstić information content (AvgIpc) is 2.30. The van der Waals surface area contributed by atoms with Crippen LogP contribution in [0.2, 0.25) is 0 Å². The van der Waals surface area contributed by atoms with Crippen LogP contribution in [0.3, 0.4) is 0 Å². The highest BCUT2D eigenvalue weighted by Gasteiger charge is 2.30. The summed E-state index contributed by atoms with van der Waals surface area (Å²) in [5.74, 6) is 0.800. The minimum atomic E-state index is 0.357. The number of piperidine rings is 1. The van der Waals surface area contributed by atoms with Crippen LogP contribution in [0.15, 0.2) is 0 Å². The van der Waals surface area contributed by atoms with E-state index in [1.165, 1.54) is 52.1 Å². The molecular formula is C15H31N3. The zero-order valence-electron chi connectivity index (χ0n) is 12.7. The van der Waals surface area contributed by atoms with Crippen molar-refractivity contribution in [2.24, 2.45) is 5.92 Å². The third kappa shape index (κ3) is 3.94. The summed E-state index contributed by atoms with van der Waals surface area (Å²) >= 11 is 0. The molecule has 0 spiro atoms. The van der Waals surface area contributed by atoms with E-state index in [1.807, 2.05) is 0 Å². The molecule has 106 valence electrons. The molecule has 2 rings (SSSR count). The lowest BCUT2D eigenvalue weighted by Crippen LogP contribution is -2.58. The van der Waals surface area contributed by atoms with E-state index >= 15 is 0 Å². The summed E-state index contributed by atoms with van der Waals surface area (Å²) in [5, 5.41) is 3.69. The monoisotopic (exact) mass is 253 g/mol. The maximum Gasteiger partial charge on any atom is 0.0222 e. The highest BCUT2D eigenvalue weighted by Crippen LogP contribution is 2.22. The van der Waals surface area contributed by atoms with Crippen molar-refractivity contribution < 1.29 is 0 Å². The Balaban J connectivity index is 1.73. The zero-order chi connectivity index (χ0) is 13.2. The quantitative estimate of drug-likeness (QED) is 0.827. The van der Waals surface area contributed by atoms with Gasteiger partial charge in [-0.25, -0.2) is 0 Å². The van der Waals surface area contributed by atoms with Gasteiger partial charge in [0.2, 0.25) is 0 Å². The maximum absolute atomic E-state index is 3.69. The summed E-state index contributed by atoms with van der Waals surface area (Å²) in [6.07, 6.45) is 2.67. The van der Waals surface area contributed by atoms with Gasteiger partial charge in [0.1, 0.15) is 0 Å². The fourth-order valence-electron chi connectivity index (χ4n) is 3.25. The Labute approximate surface area is 113 Å². The summed E-state index contributed by atoms with van der Waals surface area (Å²) in [6.45, 7) is 16.8. The van der Waals surface area contributed by atoms with Gasteiger partial charge in [-0.2, -0.15) is 0 Å². The van der Waals surface area contributed by atoms with Gasteiger partial charge in [-0.1, -0.05) is 13.8 Å². The lowest BCUT2D eigenvalue weighted by atomic mass is 9.90. The van der Waals surface area contributed by atoms with E-state index in [0.717, 1.165) is 12.0 Å². The first-order valence-electron chi connectivity index (χ1n) is 7.68. The molecule has 1 unspecified atom stereocenters. The number of nitrogens with one attached hydrogen (secondary N) is 1. The van der Waals surface area contributed by atoms with Crippen molar-refractivity contribution in [2.45, 2.75) is 52.1 Å². The predicted molar refractivity (Wildman–Crippen MR) is 78.0 cm³/mol. The van der Waals surface area contributed by atoms with Crippen LogP contribution >= 0.6 is 0 Å². The first-order chi connectivity index (χ1) is 8.46. The topological polar surface area (TPSA) is 18.5 Å². The van der Waals surface area contributed by atoms with E-state index in [0.29, 0.717) is 5.54 Å². The van der Waals surface area contributed by atoms with Gasteiger partial charge >= 0.3 is 0 Å². The molecule has 0 bridgehead atoms. The Bertz CT molecular complexity index is 244. The van der Waals surface area contributed by atoms with Crippen LogP contribution in [0.5, 0.6) is 0 Å². The van der Waals surface area contributed by atoms with E-state index in [2.05, 4.69) is 42.8 Å². The van der Waals surface area contributed by atoms with Crippen molar-refractivity contribution in [3.05, 3.63) is 0 Å². The molecule has 18 heavy (non-hydrogen) atoms. The van der Waals surface area contributed by atoms with Gasteiger partial charge < -0.3 is 10.2 Å². The van der Waals surface area contributed by atoms with E-state index in [9.17, 15) is 0 Å². The van der Waals surface area contributed by atoms with Crippen molar-refractivity contribution in [1.82, 2.24) is 15.1 Å². The largest absolute Gasteiger partial charge is 0.310 e. The molecule has 3 nitrogen and oxygen atoms in total. The summed E-state index contributed by atoms with van der Waals surface area (Å²) < 4.78 is 0. The Morgan fingerprint density at radius 1 is 1.17 bits per heavy atom. The first-order valence-corrected chi connectivity index (χ1v) is 7.68. The Morgan fingerprint density at radius 2 is 1.83 bits per heavy atom. The molecule has 2 fully saturated rings. The standard InChI is InChI=1S/C15H31N3/c1-13(2)12-17-7-9-18(10-8-17)14-5-6-15(3,4)16-11-14/h13-14,16H,5-12H2,1-4H3. The number of piperazine rings is 1. The van der Waals surface area contributed by atoms with Crippen molar-refractivity contribution in [2.75, 3.05) is 39.3 Å². The third-order valence-corrected chi connectivity index (χ3v) is 4.47. The predicted octanol–water partition coefficient (Wildman–Crippen LogP) is 1.79. The Hall–Kier alpha value is -0.120. The van der Waals surface area contributed by atoms with Gasteiger partial charge in [0, 0.05) is 50.8 Å². The normalized spacial score (nSPS) is 30.8. The fourth-order valence-corrected chi connectivity index (χ4v) is 3.25. The lowest BCUT2D eigenvalue weighted by Gasteiger charge is -2.44. The van der Waals surface area contributed by atoms with E-state index < -0.39 is 0 Å². The molecule has 0 amide bonds. The molecular weight excluding hydrogens is 222 g/mol. The molecule has 0 aliphatic carbocycles. The molecule has 2 aliphatic heterocycles. The van der Waals surface area contributed by atoms with E-state index in [1.54, 1.807) is 0 Å². The number of rotatable bonds is 3. The smallest absolute Gasteiger partial charge is 0.0222 e. The van der Waals surface area contributed by atoms with Crippen molar-refractivity contribution in [3.63, 3.8) is 0 Å². The van der Waals surface area contributed by atoms with Crippen LogP contribution in [-0.2, 0) is 0 Å². The van der Waals surface area contributed by atoms with Gasteiger partial charge in [-0.3, -0.25) is 4.90 Å². The fraction of sp³-hybridized carbons (Fsp3) is 1.00. The van der Waals surface area contributed by atoms with Gasteiger partial charge in [0.15, 0.2) is 0 Å². The summed E-state index contributed by atoms with van der Waals surface area (Å²) in [5.41, 5.74) is 0.357. The van der Waals surface area contributed by atoms with Gasteiger partial charge in [0.25, 0.3) is 0 Å². The molecule has 1 atom stereocenters. The van der Waals surface area contributed by atoms with Crippen molar-refractivity contribution >= 4 is 0 Å². The minimum absolute atomic E-state index is 0.357. The Morgan fingerprint density at radius 3 is 2.33 bits per heavy atom. The molecule has 0 radical (unpaired) electrons. The third-order valence-electron chi connectivity index (χ3n) is 4.47. The second-order valence-corrected chi connectivity index (χ2v) is 7.19. The summed E-state index contributed by atoms with van der Waals surface area (Å²) in [4.78, 5) is 5.33. The van der Waals surface area contributed by atoms with Crippen LogP contribution in [-0.4, -0.2) is 60.6 Å². The van der Waals surface area contributed by atoms with Gasteiger partial charge in [-0.15, -0.1) is 0 Å². The number of nitrogens with zero attached hydrogens (tertiary/aromatic N) is 2. The van der Waals surface area contributed by atoms with Crippen molar-refractivity contribution in [1.29, 1.82) is 0 Å². The lowest BCUT2D eigenvalue weighted by molar-refractivity contribution is 0.0656. The van der Waals surface area contributed by atoms with Crippen molar-refractivity contribution in [3.8, 4) is 0 Å². The second kappa shape index (κ2) is 5.89. The highest BCUT2D eigenvalue weighted by molar-refractivity contribution is 4.90. The van der Waals surface area contributed by atoms with Crippen LogP contribution in [0.4, 0.5) is 0 Å². The number of hydrogen-bond acceptors (Lipinski definition) is 3. The number of hydrogen-bond donors (Lipinski definition) is 1. The molecule has 3 heteroatoms. The van der Waals surface area contributed by atoms with Crippen LogP contribution in [0.25, 0.3) is 0 Å². The average molecular weight is 253 g/mol. The zero-order valence-corrected chi connectivity index (χ0v) is 12.7. The first kappa shape index (κ1) is 14.3. The van der Waals surface area contributed by atoms with Crippen LogP contribution < -0.4 is 5.32 Å². The van der Waals surface area contributed by atoms with E-state index in [4.69, 9.17) is 0 Å². The highest BCUT2D eigenvalue weighted by atomic mass is 15.3.